The van der Waals surface area contributed by atoms with Gasteiger partial charge in [0.25, 0.3) is 10.0 Å². The zero-order chi connectivity index (χ0) is 23.4. The van der Waals surface area contributed by atoms with Gasteiger partial charge in [-0.1, -0.05) is 58.4 Å². The van der Waals surface area contributed by atoms with E-state index in [-0.39, 0.29) is 16.8 Å². The number of para-hydroxylation sites is 1. The van der Waals surface area contributed by atoms with E-state index in [0.29, 0.717) is 19.4 Å². The van der Waals surface area contributed by atoms with Gasteiger partial charge < -0.3 is 5.32 Å². The summed E-state index contributed by atoms with van der Waals surface area (Å²) in [6.45, 7) is 2.44. The van der Waals surface area contributed by atoms with Crippen molar-refractivity contribution >= 4 is 37.5 Å². The molecular formula is C26H27BrN2O3S. The highest BCUT2D eigenvalue weighted by Gasteiger charge is 2.28. The zero-order valence-corrected chi connectivity index (χ0v) is 20.9. The maximum absolute atomic E-state index is 13.3. The Kier molecular flexibility index (Phi) is 7.20. The van der Waals surface area contributed by atoms with Crippen LogP contribution in [-0.4, -0.2) is 20.9 Å². The predicted octanol–water partition coefficient (Wildman–Crippen LogP) is 5.40. The van der Waals surface area contributed by atoms with Gasteiger partial charge in [0.1, 0.15) is 0 Å². The van der Waals surface area contributed by atoms with E-state index < -0.39 is 10.0 Å². The number of nitrogens with one attached hydrogen (secondary N) is 1. The molecule has 1 aliphatic rings. The van der Waals surface area contributed by atoms with Crippen LogP contribution in [0.4, 0.5) is 5.69 Å². The summed E-state index contributed by atoms with van der Waals surface area (Å²) in [5.74, 6) is -0.0379. The predicted molar refractivity (Wildman–Crippen MR) is 135 cm³/mol. The average Bonchev–Trinajstić information content (AvgIpc) is 2.82. The topological polar surface area (TPSA) is 66.5 Å². The molecule has 1 N–H and O–H groups in total. The second-order valence-electron chi connectivity index (χ2n) is 8.30. The number of hydrogen-bond acceptors (Lipinski definition) is 3. The van der Waals surface area contributed by atoms with Crippen molar-refractivity contribution in [2.45, 2.75) is 43.5 Å². The number of fused-ring (bicyclic) bond motifs is 1. The van der Waals surface area contributed by atoms with Gasteiger partial charge in [-0.15, -0.1) is 0 Å². The Morgan fingerprint density at radius 2 is 1.82 bits per heavy atom. The smallest absolute Gasteiger partial charge is 0.264 e. The highest BCUT2D eigenvalue weighted by molar-refractivity contribution is 9.10. The lowest BCUT2D eigenvalue weighted by Gasteiger charge is -2.30. The molecule has 1 unspecified atom stereocenters. The van der Waals surface area contributed by atoms with Gasteiger partial charge in [0.2, 0.25) is 5.91 Å². The Labute approximate surface area is 204 Å². The molecule has 0 aliphatic carbocycles. The van der Waals surface area contributed by atoms with Crippen LogP contribution in [0.1, 0.15) is 42.5 Å². The fourth-order valence-electron chi connectivity index (χ4n) is 4.13. The molecule has 1 atom stereocenters. The molecule has 7 heteroatoms. The van der Waals surface area contributed by atoms with Crippen molar-refractivity contribution in [1.82, 2.24) is 5.32 Å². The molecule has 4 rings (SSSR count). The van der Waals surface area contributed by atoms with Gasteiger partial charge in [-0.3, -0.25) is 9.10 Å². The van der Waals surface area contributed by atoms with Crippen LogP contribution in [-0.2, 0) is 27.7 Å². The summed E-state index contributed by atoms with van der Waals surface area (Å²) in [6, 6.07) is 22.3. The molecule has 0 bridgehead atoms. The number of anilines is 1. The average molecular weight is 527 g/mol. The Hall–Kier alpha value is -2.64. The summed E-state index contributed by atoms with van der Waals surface area (Å²) < 4.78 is 29.0. The van der Waals surface area contributed by atoms with Crippen molar-refractivity contribution in [3.05, 3.63) is 94.0 Å². The molecule has 3 aromatic carbocycles. The van der Waals surface area contributed by atoms with Gasteiger partial charge in [-0.2, -0.15) is 0 Å². The quantitative estimate of drug-likeness (QED) is 0.448. The number of halogens is 1. The number of sulfonamides is 1. The summed E-state index contributed by atoms with van der Waals surface area (Å²) in [7, 11) is -3.62. The minimum absolute atomic E-state index is 0.0379. The fourth-order valence-corrected chi connectivity index (χ4v) is 6.09. The van der Waals surface area contributed by atoms with Crippen LogP contribution in [0.3, 0.4) is 0 Å². The molecule has 0 saturated carbocycles. The highest BCUT2D eigenvalue weighted by Crippen LogP contribution is 2.31. The monoisotopic (exact) mass is 526 g/mol. The lowest BCUT2D eigenvalue weighted by atomic mass is 10.0. The van der Waals surface area contributed by atoms with Crippen LogP contribution in [0.5, 0.6) is 0 Å². The standard InChI is InChI=1S/C26H27BrN2O3S/c1-19(22-7-4-9-23(27)18-22)28-26(30)16-13-20-11-14-24(15-12-20)33(31,32)29-17-5-8-21-6-2-3-10-25(21)29/h2-4,6-7,9-12,14-15,18-19H,5,8,13,16-17H2,1H3,(H,28,30). The van der Waals surface area contributed by atoms with Gasteiger partial charge in [0.05, 0.1) is 16.6 Å². The van der Waals surface area contributed by atoms with Crippen molar-refractivity contribution in [3.63, 3.8) is 0 Å². The molecule has 3 aromatic rings. The minimum Gasteiger partial charge on any atom is -0.350 e. The fraction of sp³-hybridized carbons (Fsp3) is 0.269. The van der Waals surface area contributed by atoms with Crippen LogP contribution in [0.15, 0.2) is 82.2 Å². The molecule has 33 heavy (non-hydrogen) atoms. The zero-order valence-electron chi connectivity index (χ0n) is 18.5. The Bertz CT molecular complexity index is 1240. The van der Waals surface area contributed by atoms with E-state index in [1.807, 2.05) is 55.5 Å². The number of benzene rings is 3. The number of carbonyl (C=O) groups excluding carboxylic acids is 1. The minimum atomic E-state index is -3.62. The summed E-state index contributed by atoms with van der Waals surface area (Å²) in [6.07, 6.45) is 2.58. The van der Waals surface area contributed by atoms with E-state index in [2.05, 4.69) is 21.2 Å². The van der Waals surface area contributed by atoms with Crippen molar-refractivity contribution < 1.29 is 13.2 Å². The van der Waals surface area contributed by atoms with Crippen molar-refractivity contribution in [2.75, 3.05) is 10.8 Å². The molecular weight excluding hydrogens is 500 g/mol. The molecule has 1 amide bonds. The van der Waals surface area contributed by atoms with Crippen molar-refractivity contribution in [1.29, 1.82) is 0 Å². The van der Waals surface area contributed by atoms with Crippen LogP contribution >= 0.6 is 15.9 Å². The lowest BCUT2D eigenvalue weighted by molar-refractivity contribution is -0.121. The highest BCUT2D eigenvalue weighted by atomic mass is 79.9. The molecule has 0 radical (unpaired) electrons. The first-order valence-corrected chi connectivity index (χ1v) is 13.3. The van der Waals surface area contributed by atoms with Crippen molar-refractivity contribution in [2.24, 2.45) is 0 Å². The van der Waals surface area contributed by atoms with E-state index in [0.717, 1.165) is 39.7 Å². The van der Waals surface area contributed by atoms with Gasteiger partial charge in [0, 0.05) is 17.4 Å². The third-order valence-corrected chi connectivity index (χ3v) is 8.27. The molecule has 0 saturated heterocycles. The number of amides is 1. The van der Waals surface area contributed by atoms with Crippen LogP contribution in [0, 0.1) is 0 Å². The van der Waals surface area contributed by atoms with Gasteiger partial charge >= 0.3 is 0 Å². The maximum Gasteiger partial charge on any atom is 0.264 e. The van der Waals surface area contributed by atoms with Crippen molar-refractivity contribution in [3.8, 4) is 0 Å². The van der Waals surface area contributed by atoms with E-state index in [1.165, 1.54) is 4.31 Å². The third-order valence-electron chi connectivity index (χ3n) is 5.95. The molecule has 1 heterocycles. The number of carbonyl (C=O) groups is 1. The molecule has 0 fully saturated rings. The molecule has 0 aromatic heterocycles. The van der Waals surface area contributed by atoms with Gasteiger partial charge in [-0.25, -0.2) is 8.42 Å². The first-order chi connectivity index (χ1) is 15.8. The summed E-state index contributed by atoms with van der Waals surface area (Å²) in [5, 5.41) is 3.02. The number of rotatable bonds is 7. The molecule has 1 aliphatic heterocycles. The number of aryl methyl sites for hydroxylation is 2. The van der Waals surface area contributed by atoms with E-state index in [9.17, 15) is 13.2 Å². The first kappa shape index (κ1) is 23.5. The largest absolute Gasteiger partial charge is 0.350 e. The van der Waals surface area contributed by atoms with E-state index >= 15 is 0 Å². The molecule has 0 spiro atoms. The summed E-state index contributed by atoms with van der Waals surface area (Å²) >= 11 is 3.45. The van der Waals surface area contributed by atoms with Crippen LogP contribution in [0.2, 0.25) is 0 Å². The number of hydrogen-bond donors (Lipinski definition) is 1. The maximum atomic E-state index is 13.3. The normalized spacial score (nSPS) is 14.4. The third kappa shape index (κ3) is 5.47. The summed E-state index contributed by atoms with van der Waals surface area (Å²) in [4.78, 5) is 12.7. The second-order valence-corrected chi connectivity index (χ2v) is 11.1. The first-order valence-electron chi connectivity index (χ1n) is 11.1. The second kappa shape index (κ2) is 10.1. The number of nitrogens with zero attached hydrogens (tertiary/aromatic N) is 1. The van der Waals surface area contributed by atoms with Gasteiger partial charge in [-0.05, 0) is 73.2 Å². The lowest BCUT2D eigenvalue weighted by Crippen LogP contribution is -2.35. The van der Waals surface area contributed by atoms with Gasteiger partial charge in [0.15, 0.2) is 0 Å². The van der Waals surface area contributed by atoms with E-state index in [4.69, 9.17) is 0 Å². The molecule has 5 nitrogen and oxygen atoms in total. The summed E-state index contributed by atoms with van der Waals surface area (Å²) in [5.41, 5.74) is 3.79. The Morgan fingerprint density at radius 1 is 1.06 bits per heavy atom. The van der Waals surface area contributed by atoms with Crippen LogP contribution in [0.25, 0.3) is 0 Å². The van der Waals surface area contributed by atoms with E-state index in [1.54, 1.807) is 24.3 Å². The van der Waals surface area contributed by atoms with Crippen LogP contribution < -0.4 is 9.62 Å². The SMILES string of the molecule is CC(NC(=O)CCc1ccc(S(=O)(=O)N2CCCc3ccccc32)cc1)c1cccc(Br)c1. The Morgan fingerprint density at radius 3 is 2.58 bits per heavy atom. The molecule has 172 valence electrons. The Balaban J connectivity index is 1.38.